The van der Waals surface area contributed by atoms with Crippen LogP contribution in [-0.2, 0) is 0 Å². The maximum absolute atomic E-state index is 13.4. The fourth-order valence-electron chi connectivity index (χ4n) is 4.31. The van der Waals surface area contributed by atoms with Crippen LogP contribution in [0.25, 0.3) is 22.2 Å². The normalized spacial score (nSPS) is 15.9. The van der Waals surface area contributed by atoms with E-state index in [1.54, 1.807) is 6.07 Å². The molecule has 0 amide bonds. The highest BCUT2D eigenvalue weighted by molar-refractivity contribution is 6.30. The maximum Gasteiger partial charge on any atom is 0.174 e. The van der Waals surface area contributed by atoms with E-state index in [9.17, 15) is 9.50 Å². The Morgan fingerprint density at radius 3 is 2.63 bits per heavy atom. The fourth-order valence-corrected chi connectivity index (χ4v) is 4.49. The van der Waals surface area contributed by atoms with Crippen LogP contribution in [-0.4, -0.2) is 53.6 Å². The molecule has 0 aliphatic carbocycles. The molecule has 35 heavy (non-hydrogen) atoms. The topological polar surface area (TPSA) is 68.0 Å². The van der Waals surface area contributed by atoms with Crippen LogP contribution < -0.4 is 9.47 Å². The Bertz CT molecular complexity index is 1270. The van der Waals surface area contributed by atoms with E-state index in [0.29, 0.717) is 28.6 Å². The molecule has 182 valence electrons. The minimum absolute atomic E-state index is 0.150. The van der Waals surface area contributed by atoms with Crippen molar-refractivity contribution in [2.24, 2.45) is 0 Å². The number of halogens is 2. The third-order valence-electron chi connectivity index (χ3n) is 6.10. The van der Waals surface area contributed by atoms with Crippen molar-refractivity contribution in [1.29, 1.82) is 0 Å². The molecule has 3 aromatic carbocycles. The molecule has 1 unspecified atom stereocenters. The molecule has 2 heterocycles. The summed E-state index contributed by atoms with van der Waals surface area (Å²) in [6, 6.07) is 19.2. The summed E-state index contributed by atoms with van der Waals surface area (Å²) >= 11 is 6.03. The second-order valence-electron chi connectivity index (χ2n) is 8.74. The van der Waals surface area contributed by atoms with Crippen molar-refractivity contribution >= 4 is 22.5 Å². The molecule has 1 fully saturated rings. The zero-order chi connectivity index (χ0) is 24.2. The lowest BCUT2D eigenvalue weighted by molar-refractivity contribution is 0.0401. The number of ether oxygens (including phenoxy) is 2. The van der Waals surface area contributed by atoms with E-state index in [1.807, 2.05) is 48.5 Å². The smallest absolute Gasteiger partial charge is 0.174 e. The van der Waals surface area contributed by atoms with Crippen LogP contribution >= 0.6 is 11.6 Å². The summed E-state index contributed by atoms with van der Waals surface area (Å²) in [5, 5.41) is 15.8. The molecule has 0 radical (unpaired) electrons. The number of piperidine rings is 1. The largest absolute Gasteiger partial charge is 0.491 e. The van der Waals surface area contributed by atoms with Crippen LogP contribution in [0.3, 0.4) is 0 Å². The Balaban J connectivity index is 1.08. The molecule has 1 aliphatic heterocycles. The van der Waals surface area contributed by atoms with Crippen LogP contribution in [0.1, 0.15) is 12.8 Å². The van der Waals surface area contributed by atoms with E-state index in [2.05, 4.69) is 10.1 Å². The van der Waals surface area contributed by atoms with Crippen molar-refractivity contribution in [2.45, 2.75) is 25.0 Å². The number of nitrogens with zero attached hydrogens (tertiary/aromatic N) is 2. The minimum Gasteiger partial charge on any atom is -0.491 e. The molecule has 0 saturated carbocycles. The summed E-state index contributed by atoms with van der Waals surface area (Å²) in [5.41, 5.74) is 1.29. The number of benzene rings is 3. The summed E-state index contributed by atoms with van der Waals surface area (Å²) in [4.78, 5) is 2.23. The van der Waals surface area contributed by atoms with Crippen LogP contribution in [0.15, 0.2) is 71.3 Å². The number of fused-ring (bicyclic) bond motifs is 1. The van der Waals surface area contributed by atoms with Crippen LogP contribution in [0, 0.1) is 5.82 Å². The molecule has 1 aliphatic rings. The van der Waals surface area contributed by atoms with Crippen molar-refractivity contribution in [3.63, 3.8) is 0 Å². The monoisotopic (exact) mass is 496 g/mol. The molecular formula is C27H26ClFN2O4. The van der Waals surface area contributed by atoms with Gasteiger partial charge in [-0.2, -0.15) is 0 Å². The number of aliphatic hydroxyl groups excluding tert-OH is 1. The van der Waals surface area contributed by atoms with E-state index in [4.69, 9.17) is 25.6 Å². The van der Waals surface area contributed by atoms with Crippen LogP contribution in [0.5, 0.6) is 11.5 Å². The SMILES string of the molecule is OC(COc1ccc(-c2onc3cc(F)ccc23)cc1)CN1CCC(Oc2cccc(Cl)c2)CC1. The first-order chi connectivity index (χ1) is 17.0. The molecule has 8 heteroatoms. The molecule has 0 spiro atoms. The molecule has 1 aromatic heterocycles. The first-order valence-corrected chi connectivity index (χ1v) is 12.0. The van der Waals surface area contributed by atoms with Crippen molar-refractivity contribution in [3.05, 3.63) is 77.6 Å². The summed E-state index contributed by atoms with van der Waals surface area (Å²) in [6.07, 6.45) is 1.33. The Labute approximate surface area is 207 Å². The minimum atomic E-state index is -0.604. The quantitative estimate of drug-likeness (QED) is 0.344. The number of β-amino-alcohol motifs (C(OH)–C–C–N with tert-alkyl or cyclic N) is 1. The van der Waals surface area contributed by atoms with Gasteiger partial charge in [-0.25, -0.2) is 4.39 Å². The summed E-state index contributed by atoms with van der Waals surface area (Å²) in [7, 11) is 0. The highest BCUT2D eigenvalue weighted by Crippen LogP contribution is 2.30. The average Bonchev–Trinajstić information content (AvgIpc) is 3.27. The van der Waals surface area contributed by atoms with Crippen molar-refractivity contribution in [3.8, 4) is 22.8 Å². The second-order valence-corrected chi connectivity index (χ2v) is 9.17. The predicted octanol–water partition coefficient (Wildman–Crippen LogP) is 5.57. The van der Waals surface area contributed by atoms with E-state index >= 15 is 0 Å². The van der Waals surface area contributed by atoms with Gasteiger partial charge in [0.2, 0.25) is 0 Å². The molecule has 1 N–H and O–H groups in total. The lowest BCUT2D eigenvalue weighted by Crippen LogP contribution is -2.43. The number of aliphatic hydroxyl groups is 1. The van der Waals surface area contributed by atoms with E-state index in [-0.39, 0.29) is 18.5 Å². The number of hydrogen-bond acceptors (Lipinski definition) is 6. The number of aromatic nitrogens is 1. The predicted molar refractivity (Wildman–Crippen MR) is 132 cm³/mol. The Morgan fingerprint density at radius 1 is 1.06 bits per heavy atom. The number of hydrogen-bond donors (Lipinski definition) is 1. The van der Waals surface area contributed by atoms with Gasteiger partial charge in [0.05, 0.1) is 0 Å². The van der Waals surface area contributed by atoms with E-state index < -0.39 is 6.10 Å². The standard InChI is InChI=1S/C27H26ClFN2O4/c28-19-2-1-3-24(14-19)34-23-10-12-31(13-11-23)16-21(32)17-33-22-7-4-18(5-8-22)27-25-9-6-20(29)15-26(25)30-35-27/h1-9,14-15,21,23,32H,10-13,16-17H2. The van der Waals surface area contributed by atoms with Gasteiger partial charge in [0, 0.05) is 41.7 Å². The van der Waals surface area contributed by atoms with Crippen LogP contribution in [0.4, 0.5) is 4.39 Å². The van der Waals surface area contributed by atoms with Crippen molar-refractivity contribution < 1.29 is 23.5 Å². The summed E-state index contributed by atoms with van der Waals surface area (Å²) < 4.78 is 30.6. The van der Waals surface area contributed by atoms with Crippen molar-refractivity contribution in [2.75, 3.05) is 26.2 Å². The van der Waals surface area contributed by atoms with Gasteiger partial charge < -0.3 is 24.0 Å². The number of likely N-dealkylation sites (tertiary alicyclic amines) is 1. The second kappa shape index (κ2) is 10.6. The molecule has 0 bridgehead atoms. The van der Waals surface area contributed by atoms with Gasteiger partial charge in [0.15, 0.2) is 5.76 Å². The van der Waals surface area contributed by atoms with Crippen LogP contribution in [0.2, 0.25) is 5.02 Å². The molecule has 1 atom stereocenters. The molecular weight excluding hydrogens is 471 g/mol. The fraction of sp³-hybridized carbons (Fsp3) is 0.296. The third-order valence-corrected chi connectivity index (χ3v) is 6.34. The number of rotatable bonds is 8. The van der Waals surface area contributed by atoms with Gasteiger partial charge in [-0.3, -0.25) is 0 Å². The zero-order valence-corrected chi connectivity index (χ0v) is 19.8. The Kier molecular flexibility index (Phi) is 7.18. The first-order valence-electron chi connectivity index (χ1n) is 11.6. The van der Waals surface area contributed by atoms with E-state index in [0.717, 1.165) is 42.6 Å². The van der Waals surface area contributed by atoms with Gasteiger partial charge in [-0.05, 0) is 67.4 Å². The summed E-state index contributed by atoms with van der Waals surface area (Å²) in [6.45, 7) is 2.45. The lowest BCUT2D eigenvalue weighted by Gasteiger charge is -2.33. The first kappa shape index (κ1) is 23.6. The van der Waals surface area contributed by atoms with Gasteiger partial charge in [0.25, 0.3) is 0 Å². The lowest BCUT2D eigenvalue weighted by atomic mass is 10.1. The van der Waals surface area contributed by atoms with Gasteiger partial charge in [-0.1, -0.05) is 22.8 Å². The van der Waals surface area contributed by atoms with E-state index in [1.165, 1.54) is 12.1 Å². The highest BCUT2D eigenvalue weighted by atomic mass is 35.5. The highest BCUT2D eigenvalue weighted by Gasteiger charge is 2.22. The Hall–Kier alpha value is -3.13. The van der Waals surface area contributed by atoms with Gasteiger partial charge in [0.1, 0.15) is 41.6 Å². The molecule has 5 rings (SSSR count). The van der Waals surface area contributed by atoms with Crippen molar-refractivity contribution in [1.82, 2.24) is 10.1 Å². The molecule has 6 nitrogen and oxygen atoms in total. The maximum atomic E-state index is 13.4. The average molecular weight is 497 g/mol. The zero-order valence-electron chi connectivity index (χ0n) is 19.1. The van der Waals surface area contributed by atoms with Gasteiger partial charge in [-0.15, -0.1) is 0 Å². The summed E-state index contributed by atoms with van der Waals surface area (Å²) in [5.74, 6) is 1.67. The molecule has 1 saturated heterocycles. The third kappa shape index (κ3) is 5.93. The van der Waals surface area contributed by atoms with Gasteiger partial charge >= 0.3 is 0 Å². The Morgan fingerprint density at radius 2 is 1.86 bits per heavy atom. The molecule has 4 aromatic rings.